The lowest BCUT2D eigenvalue weighted by Gasteiger charge is -2.27. The van der Waals surface area contributed by atoms with Gasteiger partial charge < -0.3 is 20.2 Å². The van der Waals surface area contributed by atoms with Gasteiger partial charge in [0, 0.05) is 11.8 Å². The van der Waals surface area contributed by atoms with E-state index in [1.54, 1.807) is 25.4 Å². The number of ether oxygens (including phenoxy) is 1. The maximum absolute atomic E-state index is 12.2. The van der Waals surface area contributed by atoms with E-state index >= 15 is 0 Å². The zero-order valence-electron chi connectivity index (χ0n) is 13.1. The molecular weight excluding hydrogens is 294 g/mol. The second kappa shape index (κ2) is 6.83. The second-order valence-corrected chi connectivity index (χ2v) is 5.91. The highest BCUT2D eigenvalue weighted by molar-refractivity contribution is 5.95. The molecule has 1 aliphatic carbocycles. The molecule has 0 aliphatic heterocycles. The summed E-state index contributed by atoms with van der Waals surface area (Å²) in [6, 6.07) is 4.91. The number of rotatable bonds is 6. The molecule has 1 atom stereocenters. The van der Waals surface area contributed by atoms with Crippen LogP contribution in [0.2, 0.25) is 0 Å². The number of carbonyl (C=O) groups excluding carboxylic acids is 1. The van der Waals surface area contributed by atoms with E-state index in [1.807, 2.05) is 6.07 Å². The van der Waals surface area contributed by atoms with Crippen LogP contribution in [-0.4, -0.2) is 24.0 Å². The summed E-state index contributed by atoms with van der Waals surface area (Å²) >= 11 is 0. The lowest BCUT2D eigenvalue weighted by atomic mass is 9.81. The van der Waals surface area contributed by atoms with E-state index in [1.165, 1.54) is 25.7 Å². The highest BCUT2D eigenvalue weighted by Crippen LogP contribution is 2.33. The van der Waals surface area contributed by atoms with E-state index in [4.69, 9.17) is 14.9 Å². The summed E-state index contributed by atoms with van der Waals surface area (Å²) in [7, 11) is 1.57. The average molecular weight is 315 g/mol. The summed E-state index contributed by atoms with van der Waals surface area (Å²) in [4.78, 5) is 16.1. The number of hydrogen-bond donors (Lipinski definition) is 2. The number of amides is 1. The molecule has 1 aliphatic rings. The topological polar surface area (TPSA) is 90.4 Å². The molecule has 1 amide bonds. The van der Waals surface area contributed by atoms with Crippen molar-refractivity contribution < 1.29 is 13.9 Å². The molecule has 0 spiro atoms. The fraction of sp³-hybridized carbons (Fsp3) is 0.412. The van der Waals surface area contributed by atoms with Crippen molar-refractivity contribution in [3.05, 3.63) is 30.8 Å². The van der Waals surface area contributed by atoms with Gasteiger partial charge in [-0.1, -0.05) is 19.3 Å². The third-order valence-electron chi connectivity index (χ3n) is 4.32. The maximum Gasteiger partial charge on any atom is 0.241 e. The summed E-state index contributed by atoms with van der Waals surface area (Å²) in [5.74, 6) is 1.65. The lowest BCUT2D eigenvalue weighted by Crippen LogP contribution is -2.38. The van der Waals surface area contributed by atoms with E-state index < -0.39 is 6.04 Å². The molecule has 23 heavy (non-hydrogen) atoms. The highest BCUT2D eigenvalue weighted by Gasteiger charge is 2.24. The molecule has 0 bridgehead atoms. The number of nitrogens with one attached hydrogen (secondary N) is 1. The Labute approximate surface area is 135 Å². The van der Waals surface area contributed by atoms with Gasteiger partial charge in [0.2, 0.25) is 5.91 Å². The largest absolute Gasteiger partial charge is 0.496 e. The fourth-order valence-electron chi connectivity index (χ4n) is 2.75. The molecule has 2 aromatic rings. The van der Waals surface area contributed by atoms with Gasteiger partial charge in [0.15, 0.2) is 12.2 Å². The van der Waals surface area contributed by atoms with Crippen LogP contribution in [0.25, 0.3) is 11.3 Å². The van der Waals surface area contributed by atoms with Crippen molar-refractivity contribution in [2.45, 2.75) is 31.7 Å². The fourth-order valence-corrected chi connectivity index (χ4v) is 2.75. The Morgan fingerprint density at radius 2 is 2.35 bits per heavy atom. The maximum atomic E-state index is 12.2. The third kappa shape index (κ3) is 3.53. The molecular formula is C17H21N3O3. The van der Waals surface area contributed by atoms with Crippen molar-refractivity contribution in [1.82, 2.24) is 4.98 Å². The molecule has 1 aromatic carbocycles. The molecule has 1 saturated carbocycles. The first kappa shape index (κ1) is 15.6. The van der Waals surface area contributed by atoms with Crippen molar-refractivity contribution in [3.63, 3.8) is 0 Å². The van der Waals surface area contributed by atoms with Gasteiger partial charge in [-0.15, -0.1) is 0 Å². The number of methoxy groups -OCH3 is 1. The third-order valence-corrected chi connectivity index (χ3v) is 4.32. The van der Waals surface area contributed by atoms with Crippen molar-refractivity contribution >= 4 is 11.6 Å². The normalized spacial score (nSPS) is 15.7. The Balaban J connectivity index is 1.69. The Kier molecular flexibility index (Phi) is 4.62. The monoisotopic (exact) mass is 315 g/mol. The molecule has 1 fully saturated rings. The standard InChI is InChI=1S/C17H21N3O3/c1-22-15-8-12(5-6-13(15)16-9-19-10-23-16)20-17(21)14(18)7-11-3-2-4-11/h5-6,8-11,14H,2-4,7,18H2,1H3,(H,20,21)/t14-/m1/s1. The lowest BCUT2D eigenvalue weighted by molar-refractivity contribution is -0.117. The van der Waals surface area contributed by atoms with E-state index in [9.17, 15) is 4.79 Å². The number of oxazole rings is 1. The Bertz CT molecular complexity index is 666. The average Bonchev–Trinajstić information content (AvgIpc) is 3.04. The number of hydrogen-bond acceptors (Lipinski definition) is 5. The van der Waals surface area contributed by atoms with Gasteiger partial charge in [0.05, 0.1) is 24.9 Å². The minimum absolute atomic E-state index is 0.161. The van der Waals surface area contributed by atoms with E-state index in [-0.39, 0.29) is 5.91 Å². The van der Waals surface area contributed by atoms with Crippen molar-refractivity contribution in [3.8, 4) is 17.1 Å². The second-order valence-electron chi connectivity index (χ2n) is 5.91. The van der Waals surface area contributed by atoms with Crippen LogP contribution in [0.3, 0.4) is 0 Å². The smallest absolute Gasteiger partial charge is 0.241 e. The molecule has 6 heteroatoms. The highest BCUT2D eigenvalue weighted by atomic mass is 16.5. The molecule has 1 aromatic heterocycles. The SMILES string of the molecule is COc1cc(NC(=O)[C@H](N)CC2CCC2)ccc1-c1cnco1. The van der Waals surface area contributed by atoms with Crippen molar-refractivity contribution in [2.75, 3.05) is 12.4 Å². The van der Waals surface area contributed by atoms with Gasteiger partial charge in [-0.2, -0.15) is 0 Å². The summed E-state index contributed by atoms with van der Waals surface area (Å²) in [5.41, 5.74) is 7.42. The summed E-state index contributed by atoms with van der Waals surface area (Å²) in [6.45, 7) is 0. The number of aromatic nitrogens is 1. The molecule has 0 unspecified atom stereocenters. The number of nitrogens with two attached hydrogens (primary N) is 1. The van der Waals surface area contributed by atoms with Gasteiger partial charge in [-0.05, 0) is 24.5 Å². The van der Waals surface area contributed by atoms with Crippen molar-refractivity contribution in [2.24, 2.45) is 11.7 Å². The van der Waals surface area contributed by atoms with E-state index in [0.29, 0.717) is 23.1 Å². The van der Waals surface area contributed by atoms with Crippen LogP contribution >= 0.6 is 0 Å². The quantitative estimate of drug-likeness (QED) is 0.855. The minimum Gasteiger partial charge on any atom is -0.496 e. The van der Waals surface area contributed by atoms with Crippen LogP contribution in [0.1, 0.15) is 25.7 Å². The summed E-state index contributed by atoms with van der Waals surface area (Å²) < 4.78 is 10.7. The molecule has 0 radical (unpaired) electrons. The van der Waals surface area contributed by atoms with Crippen LogP contribution < -0.4 is 15.8 Å². The predicted octanol–water partition coefficient (Wildman–Crippen LogP) is 2.81. The molecule has 3 rings (SSSR count). The molecule has 3 N–H and O–H groups in total. The molecule has 122 valence electrons. The number of benzene rings is 1. The van der Waals surface area contributed by atoms with E-state index in [0.717, 1.165) is 12.0 Å². The number of nitrogens with zero attached hydrogens (tertiary/aromatic N) is 1. The van der Waals surface area contributed by atoms with Gasteiger partial charge in [0.25, 0.3) is 0 Å². The van der Waals surface area contributed by atoms with Crippen LogP contribution in [-0.2, 0) is 4.79 Å². The first-order chi connectivity index (χ1) is 11.2. The molecule has 0 saturated heterocycles. The first-order valence-electron chi connectivity index (χ1n) is 7.80. The zero-order valence-corrected chi connectivity index (χ0v) is 13.1. The van der Waals surface area contributed by atoms with Gasteiger partial charge in [0.1, 0.15) is 5.75 Å². The van der Waals surface area contributed by atoms with Crippen LogP contribution in [0.5, 0.6) is 5.75 Å². The zero-order chi connectivity index (χ0) is 16.2. The van der Waals surface area contributed by atoms with Crippen LogP contribution in [0, 0.1) is 5.92 Å². The minimum atomic E-state index is -0.472. The Hall–Kier alpha value is -2.34. The summed E-state index contributed by atoms with van der Waals surface area (Å²) in [5, 5.41) is 2.85. The summed E-state index contributed by atoms with van der Waals surface area (Å²) in [6.07, 6.45) is 7.34. The van der Waals surface area contributed by atoms with Gasteiger partial charge in [-0.25, -0.2) is 4.98 Å². The first-order valence-corrected chi connectivity index (χ1v) is 7.80. The Morgan fingerprint density at radius 3 is 2.96 bits per heavy atom. The Morgan fingerprint density at radius 1 is 1.52 bits per heavy atom. The van der Waals surface area contributed by atoms with Crippen LogP contribution in [0.15, 0.2) is 35.2 Å². The van der Waals surface area contributed by atoms with Crippen molar-refractivity contribution in [1.29, 1.82) is 0 Å². The predicted molar refractivity (Wildman–Crippen MR) is 87.1 cm³/mol. The molecule has 1 heterocycles. The van der Waals surface area contributed by atoms with Gasteiger partial charge >= 0.3 is 0 Å². The van der Waals surface area contributed by atoms with E-state index in [2.05, 4.69) is 10.3 Å². The number of carbonyl (C=O) groups is 1. The molecule has 6 nitrogen and oxygen atoms in total. The van der Waals surface area contributed by atoms with Gasteiger partial charge in [-0.3, -0.25) is 4.79 Å². The van der Waals surface area contributed by atoms with Crippen LogP contribution in [0.4, 0.5) is 5.69 Å². The number of anilines is 1.